The molecular formula is C14H21N5S2. The molecule has 2 unspecified atom stereocenters. The maximum Gasteiger partial charge on any atom is 0.240 e. The van der Waals surface area contributed by atoms with E-state index in [-0.39, 0.29) is 0 Å². The second-order valence-corrected chi connectivity index (χ2v) is 7.59. The molecule has 1 aliphatic carbocycles. The number of fused-ring (bicyclic) bond motifs is 1. The van der Waals surface area contributed by atoms with Gasteiger partial charge in [0.15, 0.2) is 0 Å². The van der Waals surface area contributed by atoms with Crippen molar-refractivity contribution in [2.24, 2.45) is 5.84 Å². The molecule has 2 heterocycles. The zero-order chi connectivity index (χ0) is 14.8. The number of hydrazine groups is 1. The van der Waals surface area contributed by atoms with E-state index in [1.54, 1.807) is 11.3 Å². The number of thiophene rings is 1. The third-order valence-corrected chi connectivity index (χ3v) is 6.25. The van der Waals surface area contributed by atoms with E-state index >= 15 is 0 Å². The zero-order valence-electron chi connectivity index (χ0n) is 12.3. The van der Waals surface area contributed by atoms with E-state index in [2.05, 4.69) is 40.0 Å². The Bertz CT molecular complexity index is 627. The van der Waals surface area contributed by atoms with Gasteiger partial charge in [-0.2, -0.15) is 16.7 Å². The van der Waals surface area contributed by atoms with Crippen LogP contribution in [0.3, 0.4) is 0 Å². The summed E-state index contributed by atoms with van der Waals surface area (Å²) in [4.78, 5) is 11.3. The lowest BCUT2D eigenvalue weighted by Crippen LogP contribution is -2.18. The molecule has 1 fully saturated rings. The molecule has 0 saturated heterocycles. The fraction of sp³-hybridized carbons (Fsp3) is 0.571. The van der Waals surface area contributed by atoms with Crippen LogP contribution in [0.4, 0.5) is 11.8 Å². The van der Waals surface area contributed by atoms with E-state index in [9.17, 15) is 0 Å². The van der Waals surface area contributed by atoms with Crippen LogP contribution in [0.5, 0.6) is 0 Å². The average molecular weight is 323 g/mol. The van der Waals surface area contributed by atoms with Crippen LogP contribution in [-0.2, 0) is 6.42 Å². The van der Waals surface area contributed by atoms with Gasteiger partial charge in [0.1, 0.15) is 10.6 Å². The molecule has 2 atom stereocenters. The standard InChI is InChI=1S/C14H21N5S2/c1-3-9-7-11-12(16-8-4-5-10(6-8)20-2)17-14(19-15)18-13(11)21-9/h7-8,10H,3-6,15H2,1-2H3,(H2,16,17,18,19). The predicted molar refractivity (Wildman–Crippen MR) is 93.2 cm³/mol. The van der Waals surface area contributed by atoms with Crippen LogP contribution >= 0.6 is 23.1 Å². The first-order valence-electron chi connectivity index (χ1n) is 7.29. The van der Waals surface area contributed by atoms with Gasteiger partial charge >= 0.3 is 0 Å². The van der Waals surface area contributed by atoms with E-state index in [1.807, 2.05) is 11.8 Å². The monoisotopic (exact) mass is 323 g/mol. The van der Waals surface area contributed by atoms with Crippen LogP contribution in [0.25, 0.3) is 10.2 Å². The molecular weight excluding hydrogens is 302 g/mol. The maximum atomic E-state index is 5.50. The Labute approximate surface area is 133 Å². The van der Waals surface area contributed by atoms with Crippen molar-refractivity contribution >= 4 is 45.1 Å². The third-order valence-electron chi connectivity index (χ3n) is 3.98. The fourth-order valence-electron chi connectivity index (χ4n) is 2.80. The first-order valence-corrected chi connectivity index (χ1v) is 9.40. The molecule has 0 spiro atoms. The molecule has 1 aliphatic rings. The predicted octanol–water partition coefficient (Wildman–Crippen LogP) is 3.24. The number of aryl methyl sites for hydroxylation is 1. The van der Waals surface area contributed by atoms with Crippen molar-refractivity contribution in [2.75, 3.05) is 17.0 Å². The minimum Gasteiger partial charge on any atom is -0.367 e. The molecule has 0 aliphatic heterocycles. The summed E-state index contributed by atoms with van der Waals surface area (Å²) in [5.74, 6) is 6.89. The highest BCUT2D eigenvalue weighted by molar-refractivity contribution is 7.99. The van der Waals surface area contributed by atoms with Gasteiger partial charge < -0.3 is 5.32 Å². The van der Waals surface area contributed by atoms with Crippen molar-refractivity contribution in [3.05, 3.63) is 10.9 Å². The number of hydrogen-bond donors (Lipinski definition) is 3. The van der Waals surface area contributed by atoms with Gasteiger partial charge in [-0.15, -0.1) is 11.3 Å². The first-order chi connectivity index (χ1) is 10.2. The van der Waals surface area contributed by atoms with Gasteiger partial charge in [-0.3, -0.25) is 5.43 Å². The van der Waals surface area contributed by atoms with Crippen molar-refractivity contribution in [3.8, 4) is 0 Å². The molecule has 2 aromatic heterocycles. The van der Waals surface area contributed by atoms with Crippen LogP contribution < -0.4 is 16.6 Å². The molecule has 1 saturated carbocycles. The summed E-state index contributed by atoms with van der Waals surface area (Å²) in [5.41, 5.74) is 2.57. The van der Waals surface area contributed by atoms with Crippen LogP contribution in [-0.4, -0.2) is 27.5 Å². The smallest absolute Gasteiger partial charge is 0.240 e. The molecule has 21 heavy (non-hydrogen) atoms. The lowest BCUT2D eigenvalue weighted by Gasteiger charge is -2.14. The highest BCUT2D eigenvalue weighted by Gasteiger charge is 2.25. The van der Waals surface area contributed by atoms with Crippen molar-refractivity contribution in [1.82, 2.24) is 9.97 Å². The highest BCUT2D eigenvalue weighted by atomic mass is 32.2. The number of nitrogen functional groups attached to an aromatic ring is 1. The zero-order valence-corrected chi connectivity index (χ0v) is 14.0. The number of hydrogen-bond acceptors (Lipinski definition) is 7. The average Bonchev–Trinajstić information content (AvgIpc) is 3.12. The molecule has 2 aromatic rings. The molecule has 5 nitrogen and oxygen atoms in total. The Hall–Kier alpha value is -1.05. The van der Waals surface area contributed by atoms with Crippen molar-refractivity contribution in [1.29, 1.82) is 0 Å². The van der Waals surface area contributed by atoms with Crippen molar-refractivity contribution < 1.29 is 0 Å². The van der Waals surface area contributed by atoms with E-state index < -0.39 is 0 Å². The van der Waals surface area contributed by atoms with E-state index in [0.717, 1.165) is 27.7 Å². The van der Waals surface area contributed by atoms with Gasteiger partial charge in [0.25, 0.3) is 0 Å². The Morgan fingerprint density at radius 2 is 2.29 bits per heavy atom. The highest BCUT2D eigenvalue weighted by Crippen LogP contribution is 2.34. The van der Waals surface area contributed by atoms with Crippen LogP contribution in [0.2, 0.25) is 0 Å². The summed E-state index contributed by atoms with van der Waals surface area (Å²) in [7, 11) is 0. The van der Waals surface area contributed by atoms with Gasteiger partial charge in [-0.05, 0) is 38.0 Å². The number of rotatable bonds is 5. The van der Waals surface area contributed by atoms with E-state index in [1.165, 1.54) is 24.1 Å². The summed E-state index contributed by atoms with van der Waals surface area (Å²) >= 11 is 3.68. The molecule has 0 amide bonds. The lowest BCUT2D eigenvalue weighted by molar-refractivity contribution is 0.753. The fourth-order valence-corrected chi connectivity index (χ4v) is 4.56. The number of nitrogens with two attached hydrogens (primary N) is 1. The van der Waals surface area contributed by atoms with Gasteiger partial charge in [0.2, 0.25) is 5.95 Å². The van der Waals surface area contributed by atoms with Gasteiger partial charge in [-0.1, -0.05) is 6.92 Å². The Morgan fingerprint density at radius 1 is 1.43 bits per heavy atom. The summed E-state index contributed by atoms with van der Waals surface area (Å²) < 4.78 is 0. The molecule has 114 valence electrons. The van der Waals surface area contributed by atoms with Gasteiger partial charge in [-0.25, -0.2) is 10.8 Å². The minimum absolute atomic E-state index is 0.480. The lowest BCUT2D eigenvalue weighted by atomic mass is 10.2. The topological polar surface area (TPSA) is 75.9 Å². The summed E-state index contributed by atoms with van der Waals surface area (Å²) in [6.07, 6.45) is 6.89. The Morgan fingerprint density at radius 3 is 2.95 bits per heavy atom. The quantitative estimate of drug-likeness (QED) is 0.579. The molecule has 0 aromatic carbocycles. The number of nitrogens with one attached hydrogen (secondary N) is 2. The molecule has 3 rings (SSSR count). The summed E-state index contributed by atoms with van der Waals surface area (Å²) in [6, 6.07) is 2.69. The molecule has 7 heteroatoms. The SMILES string of the molecule is CCc1cc2c(NC3CCC(SC)C3)nc(NN)nc2s1. The molecule has 0 bridgehead atoms. The molecule has 4 N–H and O–H groups in total. The first kappa shape index (κ1) is 14.9. The normalized spacial score (nSPS) is 21.9. The second kappa shape index (κ2) is 6.37. The van der Waals surface area contributed by atoms with Gasteiger partial charge in [0.05, 0.1) is 5.39 Å². The van der Waals surface area contributed by atoms with Gasteiger partial charge in [0, 0.05) is 16.2 Å². The van der Waals surface area contributed by atoms with Crippen LogP contribution in [0.15, 0.2) is 6.07 Å². The number of thioether (sulfide) groups is 1. The summed E-state index contributed by atoms with van der Waals surface area (Å²) in [5, 5.41) is 5.49. The third kappa shape index (κ3) is 3.09. The van der Waals surface area contributed by atoms with E-state index in [0.29, 0.717) is 12.0 Å². The maximum absolute atomic E-state index is 5.50. The van der Waals surface area contributed by atoms with E-state index in [4.69, 9.17) is 5.84 Å². The van der Waals surface area contributed by atoms with Crippen LogP contribution in [0.1, 0.15) is 31.1 Å². The minimum atomic E-state index is 0.480. The number of aromatic nitrogens is 2. The Balaban J connectivity index is 1.90. The Kier molecular flexibility index (Phi) is 4.51. The number of anilines is 2. The largest absolute Gasteiger partial charge is 0.367 e. The number of nitrogens with zero attached hydrogens (tertiary/aromatic N) is 2. The second-order valence-electron chi connectivity index (χ2n) is 5.34. The van der Waals surface area contributed by atoms with Crippen molar-refractivity contribution in [2.45, 2.75) is 43.9 Å². The summed E-state index contributed by atoms with van der Waals surface area (Å²) in [6.45, 7) is 2.16. The van der Waals surface area contributed by atoms with Crippen LogP contribution in [0, 0.1) is 0 Å². The van der Waals surface area contributed by atoms with Crippen molar-refractivity contribution in [3.63, 3.8) is 0 Å². The molecule has 0 radical (unpaired) electrons.